The number of hydrogen-bond donors (Lipinski definition) is 2. The van der Waals surface area contributed by atoms with E-state index in [-0.39, 0.29) is 48.8 Å². The van der Waals surface area contributed by atoms with Gasteiger partial charge >= 0.3 is 0 Å². The minimum atomic E-state index is -2.54. The smallest absolute Gasteiger partial charge is 0.248 e. The van der Waals surface area contributed by atoms with E-state index in [2.05, 4.69) is 10.3 Å². The Morgan fingerprint density at radius 3 is 2.92 bits per heavy atom. The van der Waals surface area contributed by atoms with E-state index < -0.39 is 5.92 Å². The highest BCUT2D eigenvalue weighted by Gasteiger charge is 2.36. The number of hydrogen-bond acceptors (Lipinski definition) is 2. The first-order valence-electron chi connectivity index (χ1n) is 8.19. The number of nitrogens with zero attached hydrogens (tertiary/aromatic N) is 1. The fraction of sp³-hybridized carbons (Fsp3) is 0.588. The number of rotatable bonds is 3. The molecule has 134 valence electrons. The molecule has 1 fully saturated rings. The summed E-state index contributed by atoms with van der Waals surface area (Å²) < 4.78 is 32.4. The molecule has 0 aromatic heterocycles. The Balaban J connectivity index is 0.00000208. The van der Waals surface area contributed by atoms with E-state index in [1.165, 1.54) is 0 Å². The van der Waals surface area contributed by atoms with Crippen molar-refractivity contribution < 1.29 is 13.5 Å². The molecule has 3 rings (SSSR count). The SMILES string of the molecule is I.NC(=NCC1CCCC(F)(F)C1)NC1CCOc2ccccc21. The number of guanidine groups is 1. The number of nitrogens with one attached hydrogen (secondary N) is 1. The molecule has 1 aromatic carbocycles. The van der Waals surface area contributed by atoms with Crippen molar-refractivity contribution in [2.45, 2.75) is 44.1 Å². The van der Waals surface area contributed by atoms with Gasteiger partial charge in [0.15, 0.2) is 5.96 Å². The number of benzene rings is 1. The van der Waals surface area contributed by atoms with Gasteiger partial charge in [-0.3, -0.25) is 4.99 Å². The van der Waals surface area contributed by atoms with Gasteiger partial charge in [0, 0.05) is 31.4 Å². The molecule has 1 aromatic rings. The van der Waals surface area contributed by atoms with Crippen LogP contribution >= 0.6 is 24.0 Å². The van der Waals surface area contributed by atoms with E-state index in [1.807, 2.05) is 24.3 Å². The Kier molecular flexibility index (Phi) is 6.65. The molecule has 4 nitrogen and oxygen atoms in total. The van der Waals surface area contributed by atoms with Crippen LogP contribution in [-0.2, 0) is 0 Å². The van der Waals surface area contributed by atoms with Gasteiger partial charge in [-0.05, 0) is 24.8 Å². The van der Waals surface area contributed by atoms with E-state index >= 15 is 0 Å². The number of halogens is 3. The lowest BCUT2D eigenvalue weighted by atomic mass is 9.87. The molecular weight excluding hydrogens is 427 g/mol. The van der Waals surface area contributed by atoms with Crippen LogP contribution in [-0.4, -0.2) is 25.0 Å². The first-order valence-corrected chi connectivity index (χ1v) is 8.19. The third-order valence-corrected chi connectivity index (χ3v) is 4.54. The number of nitrogens with two attached hydrogens (primary N) is 1. The largest absolute Gasteiger partial charge is 0.493 e. The van der Waals surface area contributed by atoms with Crippen molar-refractivity contribution >= 4 is 29.9 Å². The molecular formula is C17H24F2IN3O. The molecule has 3 N–H and O–H groups in total. The van der Waals surface area contributed by atoms with Crippen LogP contribution < -0.4 is 15.8 Å². The third-order valence-electron chi connectivity index (χ3n) is 4.54. The van der Waals surface area contributed by atoms with E-state index in [1.54, 1.807) is 0 Å². The summed E-state index contributed by atoms with van der Waals surface area (Å²) in [5.41, 5.74) is 7.01. The molecule has 1 aliphatic carbocycles. The van der Waals surface area contributed by atoms with Crippen LogP contribution in [0.5, 0.6) is 5.75 Å². The van der Waals surface area contributed by atoms with Crippen LogP contribution in [0.15, 0.2) is 29.3 Å². The van der Waals surface area contributed by atoms with Gasteiger partial charge in [-0.15, -0.1) is 24.0 Å². The van der Waals surface area contributed by atoms with Gasteiger partial charge in [-0.25, -0.2) is 8.78 Å². The van der Waals surface area contributed by atoms with Crippen LogP contribution in [0.3, 0.4) is 0 Å². The first kappa shape index (κ1) is 19.2. The van der Waals surface area contributed by atoms with Crippen LogP contribution in [0.1, 0.15) is 43.7 Å². The summed E-state index contributed by atoms with van der Waals surface area (Å²) in [5.74, 6) is -1.45. The van der Waals surface area contributed by atoms with Crippen LogP contribution in [0, 0.1) is 5.92 Å². The summed E-state index contributed by atoms with van der Waals surface area (Å²) in [5, 5.41) is 3.20. The highest BCUT2D eigenvalue weighted by Crippen LogP contribution is 2.36. The Hall–Kier alpha value is -1.12. The maximum atomic E-state index is 13.4. The molecule has 0 radical (unpaired) electrons. The monoisotopic (exact) mass is 451 g/mol. The van der Waals surface area contributed by atoms with Crippen molar-refractivity contribution in [3.05, 3.63) is 29.8 Å². The number of fused-ring (bicyclic) bond motifs is 1. The zero-order valence-electron chi connectivity index (χ0n) is 13.5. The van der Waals surface area contributed by atoms with Crippen molar-refractivity contribution in [3.8, 4) is 5.75 Å². The average molecular weight is 451 g/mol. The zero-order valence-corrected chi connectivity index (χ0v) is 15.8. The Labute approximate surface area is 158 Å². The number of alkyl halides is 2. The Morgan fingerprint density at radius 2 is 2.12 bits per heavy atom. The van der Waals surface area contributed by atoms with Crippen LogP contribution in [0.25, 0.3) is 0 Å². The minimum Gasteiger partial charge on any atom is -0.493 e. The molecule has 0 amide bonds. The number of para-hydroxylation sites is 1. The van der Waals surface area contributed by atoms with E-state index in [0.29, 0.717) is 25.5 Å². The fourth-order valence-electron chi connectivity index (χ4n) is 3.38. The molecule has 1 heterocycles. The molecule has 1 aliphatic heterocycles. The molecule has 0 spiro atoms. The average Bonchev–Trinajstić information content (AvgIpc) is 2.52. The van der Waals surface area contributed by atoms with Crippen molar-refractivity contribution in [1.82, 2.24) is 5.32 Å². The van der Waals surface area contributed by atoms with Crippen molar-refractivity contribution in [3.63, 3.8) is 0 Å². The summed E-state index contributed by atoms with van der Waals surface area (Å²) in [7, 11) is 0. The van der Waals surface area contributed by atoms with Gasteiger partial charge in [-0.2, -0.15) is 0 Å². The van der Waals surface area contributed by atoms with Gasteiger partial charge < -0.3 is 15.8 Å². The summed E-state index contributed by atoms with van der Waals surface area (Å²) in [6.07, 6.45) is 2.08. The van der Waals surface area contributed by atoms with Gasteiger partial charge in [0.05, 0.1) is 12.6 Å². The molecule has 2 aliphatic rings. The Morgan fingerprint density at radius 1 is 1.33 bits per heavy atom. The predicted molar refractivity (Wildman–Crippen MR) is 101 cm³/mol. The maximum Gasteiger partial charge on any atom is 0.248 e. The normalized spacial score (nSPS) is 25.8. The first-order chi connectivity index (χ1) is 11.0. The van der Waals surface area contributed by atoms with E-state index in [0.717, 1.165) is 24.2 Å². The predicted octanol–water partition coefficient (Wildman–Crippen LogP) is 3.86. The standard InChI is InChI=1S/C17H23F2N3O.HI/c18-17(19)8-3-4-12(10-17)11-21-16(20)22-14-7-9-23-15-6-2-1-5-13(14)15;/h1-2,5-6,12,14H,3-4,7-11H2,(H3,20,21,22);1H. The topological polar surface area (TPSA) is 59.6 Å². The highest BCUT2D eigenvalue weighted by molar-refractivity contribution is 14.0. The van der Waals surface area contributed by atoms with Crippen molar-refractivity contribution in [2.75, 3.05) is 13.2 Å². The van der Waals surface area contributed by atoms with E-state index in [9.17, 15) is 8.78 Å². The van der Waals surface area contributed by atoms with Crippen molar-refractivity contribution in [1.29, 1.82) is 0 Å². The van der Waals surface area contributed by atoms with Gasteiger partial charge in [0.2, 0.25) is 5.92 Å². The van der Waals surface area contributed by atoms with Gasteiger partial charge in [0.1, 0.15) is 5.75 Å². The third kappa shape index (κ3) is 4.94. The lowest BCUT2D eigenvalue weighted by Crippen LogP contribution is -2.38. The summed E-state index contributed by atoms with van der Waals surface area (Å²) in [6.45, 7) is 0.982. The highest BCUT2D eigenvalue weighted by atomic mass is 127. The molecule has 0 bridgehead atoms. The summed E-state index contributed by atoms with van der Waals surface area (Å²) in [4.78, 5) is 4.29. The molecule has 7 heteroatoms. The van der Waals surface area contributed by atoms with Crippen LogP contribution in [0.4, 0.5) is 8.78 Å². The molecule has 2 unspecified atom stereocenters. The maximum absolute atomic E-state index is 13.4. The number of aliphatic imine (C=N–C) groups is 1. The molecule has 1 saturated carbocycles. The molecule has 24 heavy (non-hydrogen) atoms. The second-order valence-corrected chi connectivity index (χ2v) is 6.42. The second-order valence-electron chi connectivity index (χ2n) is 6.42. The lowest BCUT2D eigenvalue weighted by Gasteiger charge is -2.28. The fourth-order valence-corrected chi connectivity index (χ4v) is 3.38. The Bertz CT molecular complexity index is 583. The van der Waals surface area contributed by atoms with Gasteiger partial charge in [-0.1, -0.05) is 18.2 Å². The summed E-state index contributed by atoms with van der Waals surface area (Å²) in [6, 6.07) is 7.88. The summed E-state index contributed by atoms with van der Waals surface area (Å²) >= 11 is 0. The van der Waals surface area contributed by atoms with Gasteiger partial charge in [0.25, 0.3) is 0 Å². The minimum absolute atomic E-state index is 0. The quantitative estimate of drug-likeness (QED) is 0.417. The van der Waals surface area contributed by atoms with Crippen LogP contribution in [0.2, 0.25) is 0 Å². The second kappa shape index (κ2) is 8.31. The molecule has 0 saturated heterocycles. The van der Waals surface area contributed by atoms with Crippen molar-refractivity contribution in [2.24, 2.45) is 16.6 Å². The van der Waals surface area contributed by atoms with E-state index in [4.69, 9.17) is 10.5 Å². The lowest BCUT2D eigenvalue weighted by molar-refractivity contribution is -0.0508. The molecule has 2 atom stereocenters. The number of ether oxygens (including phenoxy) is 1. The zero-order chi connectivity index (χ0) is 16.3.